The highest BCUT2D eigenvalue weighted by Gasteiger charge is 2.11. The third-order valence-corrected chi connectivity index (χ3v) is 2.64. The fraction of sp³-hybridized carbons (Fsp3) is 0.250. The van der Waals surface area contributed by atoms with Gasteiger partial charge in [0.05, 0.1) is 5.57 Å². The summed E-state index contributed by atoms with van der Waals surface area (Å²) in [7, 11) is 0. The van der Waals surface area contributed by atoms with E-state index in [0.29, 0.717) is 0 Å². The first-order valence-corrected chi connectivity index (χ1v) is 4.44. The van der Waals surface area contributed by atoms with Crippen LogP contribution in [0.15, 0.2) is 18.7 Å². The van der Waals surface area contributed by atoms with Gasteiger partial charge in [0.1, 0.15) is 0 Å². The second-order valence-electron chi connectivity index (χ2n) is 3.46. The molecule has 0 heterocycles. The lowest BCUT2D eigenvalue weighted by atomic mass is 9.95. The number of benzene rings is 1. The molecule has 0 aliphatic carbocycles. The Morgan fingerprint density at radius 2 is 1.79 bits per heavy atom. The van der Waals surface area contributed by atoms with Crippen LogP contribution in [0, 0.1) is 20.8 Å². The van der Waals surface area contributed by atoms with Crippen LogP contribution < -0.4 is 0 Å². The van der Waals surface area contributed by atoms with E-state index >= 15 is 0 Å². The summed E-state index contributed by atoms with van der Waals surface area (Å²) in [6.07, 6.45) is 0. The maximum Gasteiger partial charge on any atom is 0.335 e. The Bertz CT molecular complexity index is 403. The van der Waals surface area contributed by atoms with E-state index < -0.39 is 5.97 Å². The zero-order valence-corrected chi connectivity index (χ0v) is 8.72. The lowest BCUT2D eigenvalue weighted by molar-refractivity contribution is -0.130. The first-order valence-electron chi connectivity index (χ1n) is 4.44. The lowest BCUT2D eigenvalue weighted by Crippen LogP contribution is -2.01. The van der Waals surface area contributed by atoms with Gasteiger partial charge in [-0.3, -0.25) is 0 Å². The van der Waals surface area contributed by atoms with E-state index in [2.05, 4.69) is 6.58 Å². The van der Waals surface area contributed by atoms with Crippen LogP contribution in [0.2, 0.25) is 0 Å². The van der Waals surface area contributed by atoms with E-state index in [1.165, 1.54) is 5.56 Å². The summed E-state index contributed by atoms with van der Waals surface area (Å²) in [5.41, 5.74) is 4.18. The third kappa shape index (κ3) is 1.69. The van der Waals surface area contributed by atoms with E-state index in [4.69, 9.17) is 5.11 Å². The highest BCUT2D eigenvalue weighted by molar-refractivity contribution is 6.14. The average molecular weight is 190 g/mol. The molecule has 1 rings (SSSR count). The van der Waals surface area contributed by atoms with Crippen molar-refractivity contribution in [1.82, 2.24) is 0 Å². The normalized spacial score (nSPS) is 9.93. The molecule has 0 amide bonds. The Morgan fingerprint density at radius 3 is 2.29 bits per heavy atom. The van der Waals surface area contributed by atoms with Crippen LogP contribution in [0.4, 0.5) is 0 Å². The highest BCUT2D eigenvalue weighted by atomic mass is 16.4. The largest absolute Gasteiger partial charge is 0.478 e. The molecule has 0 aliphatic rings. The maximum absolute atomic E-state index is 10.7. The van der Waals surface area contributed by atoms with E-state index in [9.17, 15) is 4.79 Å². The van der Waals surface area contributed by atoms with E-state index in [-0.39, 0.29) is 5.57 Å². The second-order valence-corrected chi connectivity index (χ2v) is 3.46. The summed E-state index contributed by atoms with van der Waals surface area (Å²) in [5.74, 6) is -0.962. The third-order valence-electron chi connectivity index (χ3n) is 2.64. The molecule has 1 N–H and O–H groups in total. The van der Waals surface area contributed by atoms with Crippen molar-refractivity contribution in [3.8, 4) is 0 Å². The number of carboxylic acids is 1. The Kier molecular flexibility index (Phi) is 2.75. The fourth-order valence-corrected chi connectivity index (χ4v) is 1.40. The number of carbonyl (C=O) groups is 1. The molecule has 0 spiro atoms. The molecule has 74 valence electrons. The molecule has 1 aromatic rings. The van der Waals surface area contributed by atoms with Crippen molar-refractivity contribution in [1.29, 1.82) is 0 Å². The number of aliphatic carboxylic acids is 1. The van der Waals surface area contributed by atoms with E-state index in [1.54, 1.807) is 0 Å². The van der Waals surface area contributed by atoms with Gasteiger partial charge >= 0.3 is 5.97 Å². The van der Waals surface area contributed by atoms with Gasteiger partial charge in [-0.15, -0.1) is 0 Å². The van der Waals surface area contributed by atoms with Crippen LogP contribution in [-0.4, -0.2) is 11.1 Å². The Balaban J connectivity index is 3.31. The van der Waals surface area contributed by atoms with Gasteiger partial charge in [-0.05, 0) is 43.0 Å². The Labute approximate surface area is 83.9 Å². The van der Waals surface area contributed by atoms with E-state index in [1.807, 2.05) is 32.9 Å². The van der Waals surface area contributed by atoms with Crippen LogP contribution in [0.5, 0.6) is 0 Å². The minimum atomic E-state index is -0.962. The van der Waals surface area contributed by atoms with E-state index in [0.717, 1.165) is 16.7 Å². The molecule has 0 aliphatic heterocycles. The van der Waals surface area contributed by atoms with Gasteiger partial charge in [-0.25, -0.2) is 4.79 Å². The lowest BCUT2D eigenvalue weighted by Gasteiger charge is -2.10. The fourth-order valence-electron chi connectivity index (χ4n) is 1.40. The van der Waals surface area contributed by atoms with Gasteiger partial charge in [0.25, 0.3) is 0 Å². The zero-order valence-electron chi connectivity index (χ0n) is 8.72. The molecule has 0 saturated heterocycles. The van der Waals surface area contributed by atoms with Gasteiger partial charge < -0.3 is 5.11 Å². The molecule has 0 bridgehead atoms. The van der Waals surface area contributed by atoms with Crippen molar-refractivity contribution in [2.45, 2.75) is 20.8 Å². The first kappa shape index (κ1) is 10.5. The predicted molar refractivity (Wildman–Crippen MR) is 57.3 cm³/mol. The number of aryl methyl sites for hydroxylation is 1. The molecule has 0 radical (unpaired) electrons. The number of hydrogen-bond acceptors (Lipinski definition) is 1. The van der Waals surface area contributed by atoms with Gasteiger partial charge in [0.15, 0.2) is 0 Å². The molecule has 0 unspecified atom stereocenters. The maximum atomic E-state index is 10.7. The molecule has 2 heteroatoms. The topological polar surface area (TPSA) is 37.3 Å². The van der Waals surface area contributed by atoms with Crippen molar-refractivity contribution in [2.24, 2.45) is 0 Å². The Hall–Kier alpha value is -1.57. The molecule has 0 atom stereocenters. The molecule has 1 aromatic carbocycles. The monoisotopic (exact) mass is 190 g/mol. The summed E-state index contributed by atoms with van der Waals surface area (Å²) in [6, 6.07) is 3.74. The zero-order chi connectivity index (χ0) is 10.9. The van der Waals surface area contributed by atoms with Crippen LogP contribution in [0.3, 0.4) is 0 Å². The molecule has 0 fully saturated rings. The van der Waals surface area contributed by atoms with Crippen LogP contribution in [-0.2, 0) is 4.79 Å². The van der Waals surface area contributed by atoms with Crippen LogP contribution in [0.1, 0.15) is 22.3 Å². The molecule has 2 nitrogen and oxygen atoms in total. The van der Waals surface area contributed by atoms with Crippen molar-refractivity contribution in [2.75, 3.05) is 0 Å². The average Bonchev–Trinajstić information content (AvgIpc) is 2.13. The standard InChI is InChI=1S/C12H14O2/c1-7-5-6-11(9(3)8(7)2)10(4)12(13)14/h5-6H,4H2,1-3H3,(H,13,14). The quantitative estimate of drug-likeness (QED) is 0.728. The number of carboxylic acid groups (broad SMARTS) is 1. The second kappa shape index (κ2) is 3.66. The predicted octanol–water partition coefficient (Wildman–Crippen LogP) is 2.71. The molecular weight excluding hydrogens is 176 g/mol. The summed E-state index contributed by atoms with van der Waals surface area (Å²) in [5, 5.41) is 8.82. The first-order chi connectivity index (χ1) is 6.45. The highest BCUT2D eigenvalue weighted by Crippen LogP contribution is 2.22. The van der Waals surface area contributed by atoms with Crippen molar-refractivity contribution < 1.29 is 9.90 Å². The van der Waals surface area contributed by atoms with Crippen molar-refractivity contribution in [3.63, 3.8) is 0 Å². The summed E-state index contributed by atoms with van der Waals surface area (Å²) in [4.78, 5) is 10.7. The minimum absolute atomic E-state index is 0.158. The molecular formula is C12H14O2. The number of rotatable bonds is 2. The van der Waals surface area contributed by atoms with Crippen molar-refractivity contribution in [3.05, 3.63) is 41.0 Å². The number of hydrogen-bond donors (Lipinski definition) is 1. The molecule has 0 saturated carbocycles. The van der Waals surface area contributed by atoms with Crippen LogP contribution >= 0.6 is 0 Å². The van der Waals surface area contributed by atoms with Gasteiger partial charge in [0, 0.05) is 0 Å². The van der Waals surface area contributed by atoms with Gasteiger partial charge in [-0.2, -0.15) is 0 Å². The van der Waals surface area contributed by atoms with Crippen LogP contribution in [0.25, 0.3) is 5.57 Å². The summed E-state index contributed by atoms with van der Waals surface area (Å²) < 4.78 is 0. The molecule has 0 aromatic heterocycles. The van der Waals surface area contributed by atoms with Gasteiger partial charge in [-0.1, -0.05) is 18.7 Å². The molecule has 14 heavy (non-hydrogen) atoms. The van der Waals surface area contributed by atoms with Gasteiger partial charge in [0.2, 0.25) is 0 Å². The Morgan fingerprint density at radius 1 is 1.21 bits per heavy atom. The summed E-state index contributed by atoms with van der Waals surface area (Å²) in [6.45, 7) is 9.48. The SMILES string of the molecule is C=C(C(=O)O)c1ccc(C)c(C)c1C. The van der Waals surface area contributed by atoms with Crippen molar-refractivity contribution >= 4 is 11.5 Å². The summed E-state index contributed by atoms with van der Waals surface area (Å²) >= 11 is 0. The minimum Gasteiger partial charge on any atom is -0.478 e. The smallest absolute Gasteiger partial charge is 0.335 e.